The van der Waals surface area contributed by atoms with Gasteiger partial charge >= 0.3 is 129 Å². The third-order valence-corrected chi connectivity index (χ3v) is 23.5. The molecule has 3 heteroatoms. The van der Waals surface area contributed by atoms with Crippen LogP contribution >= 0.6 is 0 Å². The third kappa shape index (κ3) is 3.36. The number of hydrogen-bond acceptors (Lipinski definition) is 2. The fourth-order valence-corrected chi connectivity index (χ4v) is 24.9. The van der Waals surface area contributed by atoms with Crippen LogP contribution in [0.3, 0.4) is 0 Å². The number of carbonyl (C=O) groups is 1. The van der Waals surface area contributed by atoms with Crippen LogP contribution in [0, 0.1) is 11.8 Å². The zero-order chi connectivity index (χ0) is 14.6. The second kappa shape index (κ2) is 7.51. The Kier molecular flexibility index (Phi) is 6.24. The van der Waals surface area contributed by atoms with Crippen molar-refractivity contribution in [3.63, 3.8) is 0 Å². The van der Waals surface area contributed by atoms with Crippen LogP contribution in [0.15, 0.2) is 0 Å². The SMILES string of the molecule is CCC[CH2][Sn]([CH2]CCC)([CH2]CCC)[C@@H]1[C@@H]2COC(=O)[C@@H]21. The standard InChI is InChI=1S/C5H5O2.3C4H9.Sn/c6-5-4-1-3(4)2-7-5;3*1-3-4-2;/h1,3-4H,2H2;3*1,3-4H2,2H3;/t3-,4-;;;;/m1..../s1. The Morgan fingerprint density at radius 2 is 1.50 bits per heavy atom. The molecule has 2 rings (SSSR count). The Morgan fingerprint density at radius 3 is 1.85 bits per heavy atom. The van der Waals surface area contributed by atoms with Crippen molar-refractivity contribution >= 4 is 24.3 Å². The first kappa shape index (κ1) is 16.6. The molecular formula is C17H32O2Sn. The molecule has 0 aromatic carbocycles. The molecule has 1 aliphatic heterocycles. The number of ether oxygens (including phenoxy) is 1. The van der Waals surface area contributed by atoms with Gasteiger partial charge in [-0.25, -0.2) is 0 Å². The van der Waals surface area contributed by atoms with E-state index in [1.807, 2.05) is 0 Å². The van der Waals surface area contributed by atoms with Crippen LogP contribution in [0.4, 0.5) is 0 Å². The Morgan fingerprint density at radius 1 is 1.00 bits per heavy atom. The van der Waals surface area contributed by atoms with Gasteiger partial charge in [-0.05, 0) is 0 Å². The summed E-state index contributed by atoms with van der Waals surface area (Å²) < 4.78 is 10.7. The van der Waals surface area contributed by atoms with Crippen molar-refractivity contribution in [2.75, 3.05) is 6.61 Å². The number of unbranched alkanes of at least 4 members (excludes halogenated alkanes) is 3. The van der Waals surface area contributed by atoms with Crippen LogP contribution in [0.5, 0.6) is 0 Å². The predicted molar refractivity (Wildman–Crippen MR) is 86.6 cm³/mol. The van der Waals surface area contributed by atoms with Gasteiger partial charge in [-0.2, -0.15) is 0 Å². The van der Waals surface area contributed by atoms with Gasteiger partial charge in [0.05, 0.1) is 0 Å². The predicted octanol–water partition coefficient (Wildman–Crippen LogP) is 5.01. The molecule has 0 spiro atoms. The van der Waals surface area contributed by atoms with Gasteiger partial charge in [-0.15, -0.1) is 0 Å². The molecule has 2 fully saturated rings. The maximum absolute atomic E-state index is 11.9. The van der Waals surface area contributed by atoms with Crippen LogP contribution in [-0.4, -0.2) is 31.0 Å². The number of esters is 1. The Hall–Kier alpha value is 0.269. The Balaban J connectivity index is 2.09. The minimum atomic E-state index is -2.14. The van der Waals surface area contributed by atoms with E-state index in [4.69, 9.17) is 4.74 Å². The third-order valence-electron chi connectivity index (χ3n) is 5.65. The van der Waals surface area contributed by atoms with E-state index in [9.17, 15) is 4.79 Å². The normalized spacial score (nSPS) is 28.4. The van der Waals surface area contributed by atoms with Gasteiger partial charge < -0.3 is 0 Å². The van der Waals surface area contributed by atoms with Gasteiger partial charge in [0.1, 0.15) is 0 Å². The van der Waals surface area contributed by atoms with Crippen LogP contribution in [0.25, 0.3) is 0 Å². The summed E-state index contributed by atoms with van der Waals surface area (Å²) in [5.41, 5.74) is 0. The molecule has 1 saturated heterocycles. The van der Waals surface area contributed by atoms with E-state index in [2.05, 4.69) is 20.8 Å². The maximum atomic E-state index is 11.9. The summed E-state index contributed by atoms with van der Waals surface area (Å²) in [6, 6.07) is 0. The second-order valence-corrected chi connectivity index (χ2v) is 21.0. The molecule has 1 saturated carbocycles. The summed E-state index contributed by atoms with van der Waals surface area (Å²) in [6.45, 7) is 7.71. The van der Waals surface area contributed by atoms with Gasteiger partial charge in [0.25, 0.3) is 0 Å². The van der Waals surface area contributed by atoms with E-state index in [-0.39, 0.29) is 5.97 Å². The fourth-order valence-electron chi connectivity index (χ4n) is 4.47. The van der Waals surface area contributed by atoms with Crippen molar-refractivity contribution in [2.45, 2.75) is 76.5 Å². The van der Waals surface area contributed by atoms with Crippen molar-refractivity contribution in [1.29, 1.82) is 0 Å². The number of rotatable bonds is 10. The monoisotopic (exact) mass is 388 g/mol. The molecule has 2 nitrogen and oxygen atoms in total. The molecule has 0 N–H and O–H groups in total. The van der Waals surface area contributed by atoms with Crippen molar-refractivity contribution in [3.05, 3.63) is 0 Å². The number of cyclic esters (lactones) is 1. The van der Waals surface area contributed by atoms with Crippen LogP contribution in [0.1, 0.15) is 59.3 Å². The number of fused-ring (bicyclic) bond motifs is 1. The number of hydrogen-bond donors (Lipinski definition) is 0. The average molecular weight is 387 g/mol. The molecular weight excluding hydrogens is 355 g/mol. The summed E-state index contributed by atoms with van der Waals surface area (Å²) in [4.78, 5) is 11.9. The molecule has 0 unspecified atom stereocenters. The van der Waals surface area contributed by atoms with Gasteiger partial charge in [-0.1, -0.05) is 0 Å². The van der Waals surface area contributed by atoms with Gasteiger partial charge in [0.15, 0.2) is 0 Å². The average Bonchev–Trinajstić information content (AvgIpc) is 3.09. The van der Waals surface area contributed by atoms with Crippen LogP contribution in [0.2, 0.25) is 17.2 Å². The molecule has 1 aliphatic carbocycles. The first-order chi connectivity index (χ1) is 9.70. The summed E-state index contributed by atoms with van der Waals surface area (Å²) in [6.07, 6.45) is 8.20. The molecule has 1 heterocycles. The zero-order valence-corrected chi connectivity index (χ0v) is 16.5. The van der Waals surface area contributed by atoms with Gasteiger partial charge in [-0.3, -0.25) is 0 Å². The van der Waals surface area contributed by atoms with Crippen molar-refractivity contribution < 1.29 is 9.53 Å². The molecule has 2 aliphatic rings. The summed E-state index contributed by atoms with van der Waals surface area (Å²) in [5, 5.41) is 0. The molecule has 0 bridgehead atoms. The van der Waals surface area contributed by atoms with Gasteiger partial charge in [0.2, 0.25) is 0 Å². The van der Waals surface area contributed by atoms with E-state index >= 15 is 0 Å². The minimum absolute atomic E-state index is 0.158. The first-order valence-electron chi connectivity index (χ1n) is 8.86. The van der Waals surface area contributed by atoms with Gasteiger partial charge in [0, 0.05) is 0 Å². The van der Waals surface area contributed by atoms with E-state index in [0.29, 0.717) is 11.8 Å². The fraction of sp³-hybridized carbons (Fsp3) is 0.941. The summed E-state index contributed by atoms with van der Waals surface area (Å²) >= 11 is -2.14. The summed E-state index contributed by atoms with van der Waals surface area (Å²) in [7, 11) is 0. The Bertz CT molecular complexity index is 307. The molecule has 3 atom stereocenters. The van der Waals surface area contributed by atoms with E-state index < -0.39 is 18.4 Å². The van der Waals surface area contributed by atoms with E-state index in [0.717, 1.165) is 10.5 Å². The topological polar surface area (TPSA) is 26.3 Å². The first-order valence-corrected chi connectivity index (χ1v) is 16.6. The molecule has 0 aromatic rings. The number of carbonyl (C=O) groups excluding carboxylic acids is 1. The quantitative estimate of drug-likeness (QED) is 0.389. The molecule has 0 radical (unpaired) electrons. The summed E-state index contributed by atoms with van der Waals surface area (Å²) in [5.74, 6) is 1.17. The molecule has 0 aromatic heterocycles. The van der Waals surface area contributed by atoms with E-state index in [1.54, 1.807) is 0 Å². The van der Waals surface area contributed by atoms with Crippen molar-refractivity contribution in [3.8, 4) is 0 Å². The second-order valence-electron chi connectivity index (χ2n) is 7.02. The van der Waals surface area contributed by atoms with Crippen molar-refractivity contribution in [1.82, 2.24) is 0 Å². The van der Waals surface area contributed by atoms with Crippen molar-refractivity contribution in [2.24, 2.45) is 11.8 Å². The molecule has 116 valence electrons. The molecule has 20 heavy (non-hydrogen) atoms. The molecule has 0 amide bonds. The van der Waals surface area contributed by atoms with Crippen LogP contribution in [-0.2, 0) is 9.53 Å². The van der Waals surface area contributed by atoms with Crippen LogP contribution < -0.4 is 0 Å². The van der Waals surface area contributed by atoms with E-state index in [1.165, 1.54) is 51.8 Å². The zero-order valence-electron chi connectivity index (χ0n) is 13.6. The Labute approximate surface area is 128 Å².